The Bertz CT molecular complexity index is 948. The van der Waals surface area contributed by atoms with Crippen LogP contribution in [0.15, 0.2) is 54.6 Å². The maximum Gasteiger partial charge on any atom is 0.337 e. The molecule has 0 saturated carbocycles. The van der Waals surface area contributed by atoms with Crippen LogP contribution in [0, 0.1) is 0 Å². The highest BCUT2D eigenvalue weighted by atomic mass is 16.5. The van der Waals surface area contributed by atoms with Crippen LogP contribution in [-0.4, -0.2) is 31.1 Å². The van der Waals surface area contributed by atoms with Crippen molar-refractivity contribution in [1.29, 1.82) is 0 Å². The molecule has 6 nitrogen and oxygen atoms in total. The number of hydrogen-bond donors (Lipinski definition) is 1. The second-order valence-corrected chi connectivity index (χ2v) is 7.18. The fourth-order valence-electron chi connectivity index (χ4n) is 3.47. The molecule has 0 bridgehead atoms. The highest BCUT2D eigenvalue weighted by molar-refractivity contribution is 5.91. The summed E-state index contributed by atoms with van der Waals surface area (Å²) in [6.45, 7) is 1.56. The molecule has 1 amide bonds. The summed E-state index contributed by atoms with van der Waals surface area (Å²) in [5.41, 5.74) is 3.52. The number of rotatable bonds is 6. The Morgan fingerprint density at radius 1 is 1.10 bits per heavy atom. The number of aryl methyl sites for hydroxylation is 1. The largest absolute Gasteiger partial charge is 0.465 e. The Labute approximate surface area is 175 Å². The molecule has 0 saturated heterocycles. The molecule has 156 valence electrons. The van der Waals surface area contributed by atoms with Gasteiger partial charge in [0.2, 0.25) is 0 Å². The number of hydrogen-bond acceptors (Lipinski definition) is 5. The molecule has 1 N–H and O–H groups in total. The summed E-state index contributed by atoms with van der Waals surface area (Å²) in [6.07, 6.45) is 4.80. The van der Waals surface area contributed by atoms with Gasteiger partial charge in [-0.2, -0.15) is 0 Å². The summed E-state index contributed by atoms with van der Waals surface area (Å²) >= 11 is 0. The van der Waals surface area contributed by atoms with Gasteiger partial charge in [0.25, 0.3) is 5.91 Å². The molecule has 1 aliphatic carbocycles. The van der Waals surface area contributed by atoms with E-state index in [1.807, 2.05) is 18.2 Å². The van der Waals surface area contributed by atoms with E-state index < -0.39 is 18.0 Å². The van der Waals surface area contributed by atoms with E-state index in [0.29, 0.717) is 5.56 Å². The van der Waals surface area contributed by atoms with Gasteiger partial charge in [0, 0.05) is 6.08 Å². The number of carbonyl (C=O) groups is 3. The number of benzene rings is 2. The van der Waals surface area contributed by atoms with Crippen LogP contribution >= 0.6 is 0 Å². The van der Waals surface area contributed by atoms with Crippen molar-refractivity contribution < 1.29 is 23.9 Å². The summed E-state index contributed by atoms with van der Waals surface area (Å²) in [6, 6.07) is 14.6. The summed E-state index contributed by atoms with van der Waals surface area (Å²) in [5.74, 6) is -1.36. The number of esters is 2. The summed E-state index contributed by atoms with van der Waals surface area (Å²) < 4.78 is 9.88. The number of ether oxygens (including phenoxy) is 2. The summed E-state index contributed by atoms with van der Waals surface area (Å²) in [4.78, 5) is 36.0. The van der Waals surface area contributed by atoms with Crippen molar-refractivity contribution >= 4 is 23.9 Å². The number of carbonyl (C=O) groups excluding carboxylic acids is 3. The van der Waals surface area contributed by atoms with E-state index in [1.54, 1.807) is 37.3 Å². The number of fused-ring (bicyclic) bond motifs is 1. The zero-order valence-electron chi connectivity index (χ0n) is 17.1. The van der Waals surface area contributed by atoms with Crippen LogP contribution in [0.3, 0.4) is 0 Å². The van der Waals surface area contributed by atoms with Crippen LogP contribution in [0.4, 0.5) is 0 Å². The van der Waals surface area contributed by atoms with Crippen LogP contribution in [0.5, 0.6) is 0 Å². The van der Waals surface area contributed by atoms with Crippen LogP contribution in [0.25, 0.3) is 6.08 Å². The zero-order chi connectivity index (χ0) is 21.5. The Morgan fingerprint density at radius 3 is 2.57 bits per heavy atom. The molecule has 2 aromatic carbocycles. The van der Waals surface area contributed by atoms with Gasteiger partial charge in [-0.3, -0.25) is 4.79 Å². The Morgan fingerprint density at radius 2 is 1.83 bits per heavy atom. The number of nitrogens with one attached hydrogen (secondary N) is 1. The quantitative estimate of drug-likeness (QED) is 0.584. The predicted octanol–water partition coefficient (Wildman–Crippen LogP) is 3.61. The fraction of sp³-hybridized carbons (Fsp3) is 0.292. The van der Waals surface area contributed by atoms with E-state index in [0.717, 1.165) is 30.4 Å². The molecule has 0 radical (unpaired) electrons. The molecular weight excluding hydrogens is 382 g/mol. The number of methoxy groups -OCH3 is 1. The number of amides is 1. The van der Waals surface area contributed by atoms with E-state index in [4.69, 9.17) is 4.74 Å². The lowest BCUT2D eigenvalue weighted by molar-refractivity contribution is -0.150. The van der Waals surface area contributed by atoms with Crippen LogP contribution in [0.2, 0.25) is 0 Å². The minimum Gasteiger partial charge on any atom is -0.465 e. The Kier molecular flexibility index (Phi) is 7.01. The molecule has 0 aromatic heterocycles. The van der Waals surface area contributed by atoms with Crippen molar-refractivity contribution in [2.24, 2.45) is 0 Å². The first-order chi connectivity index (χ1) is 14.5. The van der Waals surface area contributed by atoms with E-state index >= 15 is 0 Å². The second kappa shape index (κ2) is 9.87. The molecule has 0 fully saturated rings. The van der Waals surface area contributed by atoms with Crippen molar-refractivity contribution in [3.8, 4) is 0 Å². The van der Waals surface area contributed by atoms with Crippen LogP contribution in [-0.2, 0) is 25.5 Å². The molecule has 0 spiro atoms. The monoisotopic (exact) mass is 407 g/mol. The van der Waals surface area contributed by atoms with Gasteiger partial charge >= 0.3 is 11.9 Å². The van der Waals surface area contributed by atoms with Crippen molar-refractivity contribution in [3.05, 3.63) is 76.9 Å². The van der Waals surface area contributed by atoms with E-state index in [9.17, 15) is 14.4 Å². The predicted molar refractivity (Wildman–Crippen MR) is 113 cm³/mol. The average Bonchev–Trinajstić information content (AvgIpc) is 2.77. The molecular formula is C24H25NO5. The molecule has 3 rings (SSSR count). The van der Waals surface area contributed by atoms with E-state index in [2.05, 4.69) is 16.1 Å². The van der Waals surface area contributed by atoms with Crippen molar-refractivity contribution in [2.75, 3.05) is 7.11 Å². The lowest BCUT2D eigenvalue weighted by Crippen LogP contribution is -2.39. The third kappa shape index (κ3) is 5.35. The summed E-state index contributed by atoms with van der Waals surface area (Å²) in [5, 5.41) is 2.99. The molecule has 2 aromatic rings. The molecule has 30 heavy (non-hydrogen) atoms. The highest BCUT2D eigenvalue weighted by Crippen LogP contribution is 2.29. The maximum absolute atomic E-state index is 12.5. The first kappa shape index (κ1) is 21.3. The van der Waals surface area contributed by atoms with Crippen LogP contribution < -0.4 is 5.32 Å². The van der Waals surface area contributed by atoms with Gasteiger partial charge in [0.05, 0.1) is 18.7 Å². The van der Waals surface area contributed by atoms with Gasteiger partial charge in [-0.1, -0.05) is 36.4 Å². The highest BCUT2D eigenvalue weighted by Gasteiger charge is 2.24. The molecule has 0 unspecified atom stereocenters. The molecule has 0 aliphatic heterocycles. The second-order valence-electron chi connectivity index (χ2n) is 7.18. The lowest BCUT2D eigenvalue weighted by Gasteiger charge is -2.27. The van der Waals surface area contributed by atoms with Gasteiger partial charge in [0.1, 0.15) is 0 Å². The van der Waals surface area contributed by atoms with E-state index in [-0.39, 0.29) is 11.9 Å². The normalized spacial score (nSPS) is 16.4. The van der Waals surface area contributed by atoms with Gasteiger partial charge in [0.15, 0.2) is 6.10 Å². The fourth-order valence-corrected chi connectivity index (χ4v) is 3.47. The third-order valence-corrected chi connectivity index (χ3v) is 5.09. The van der Waals surface area contributed by atoms with E-state index in [1.165, 1.54) is 18.7 Å². The first-order valence-electron chi connectivity index (χ1n) is 9.93. The molecule has 1 aliphatic rings. The minimum atomic E-state index is -0.905. The van der Waals surface area contributed by atoms with Gasteiger partial charge < -0.3 is 14.8 Å². The Hall–Kier alpha value is -3.41. The van der Waals surface area contributed by atoms with Gasteiger partial charge in [-0.15, -0.1) is 0 Å². The van der Waals surface area contributed by atoms with Gasteiger partial charge in [-0.25, -0.2) is 9.59 Å². The third-order valence-electron chi connectivity index (χ3n) is 5.09. The smallest absolute Gasteiger partial charge is 0.337 e. The van der Waals surface area contributed by atoms with Crippen molar-refractivity contribution in [3.63, 3.8) is 0 Å². The average molecular weight is 407 g/mol. The lowest BCUT2D eigenvalue weighted by atomic mass is 9.87. The summed E-state index contributed by atoms with van der Waals surface area (Å²) in [7, 11) is 1.32. The van der Waals surface area contributed by atoms with Crippen molar-refractivity contribution in [2.45, 2.75) is 38.3 Å². The Balaban J connectivity index is 1.53. The zero-order valence-corrected chi connectivity index (χ0v) is 17.1. The molecule has 6 heteroatoms. The first-order valence-corrected chi connectivity index (χ1v) is 9.93. The standard InChI is InChI=1S/C24H25NO5/c1-16(23(27)25-21-9-5-7-18-6-3-4-8-20(18)21)30-22(26)15-12-17-10-13-19(14-11-17)24(28)29-2/h3-4,6,8,10-16,21H,5,7,9H2,1-2H3,(H,25,27)/b15-12+/t16-,21-/m1/s1. The maximum atomic E-state index is 12.5. The molecule has 0 heterocycles. The topological polar surface area (TPSA) is 81.7 Å². The van der Waals surface area contributed by atoms with Crippen molar-refractivity contribution in [1.82, 2.24) is 5.32 Å². The SMILES string of the molecule is COC(=O)c1ccc(/C=C/C(=O)O[C@H](C)C(=O)N[C@@H]2CCCc3ccccc32)cc1. The van der Waals surface area contributed by atoms with Crippen LogP contribution in [0.1, 0.15) is 52.9 Å². The van der Waals surface area contributed by atoms with Gasteiger partial charge in [-0.05, 0) is 61.1 Å². The minimum absolute atomic E-state index is 0.0625. The molecule has 2 atom stereocenters.